The van der Waals surface area contributed by atoms with E-state index in [9.17, 15) is 4.79 Å². The third-order valence-corrected chi connectivity index (χ3v) is 8.84. The summed E-state index contributed by atoms with van der Waals surface area (Å²) in [6.07, 6.45) is 9.58. The van der Waals surface area contributed by atoms with Crippen LogP contribution in [0.4, 0.5) is 5.69 Å². The summed E-state index contributed by atoms with van der Waals surface area (Å²) in [4.78, 5) is 13.6. The fourth-order valence-corrected chi connectivity index (χ4v) is 7.00. The second-order valence-electron chi connectivity index (χ2n) is 10.8. The van der Waals surface area contributed by atoms with E-state index in [0.717, 1.165) is 42.5 Å². The Morgan fingerprint density at radius 2 is 1.97 bits per heavy atom. The third-order valence-electron chi connectivity index (χ3n) is 8.84. The van der Waals surface area contributed by atoms with Gasteiger partial charge in [-0.2, -0.15) is 0 Å². The molecule has 0 bridgehead atoms. The predicted molar refractivity (Wildman–Crippen MR) is 124 cm³/mol. The molecule has 0 aromatic heterocycles. The molecule has 3 nitrogen and oxygen atoms in total. The van der Waals surface area contributed by atoms with E-state index < -0.39 is 0 Å². The van der Waals surface area contributed by atoms with E-state index in [1.807, 2.05) is 24.3 Å². The fraction of sp³-hybridized carbons (Fsp3) is 0.667. The Kier molecular flexibility index (Phi) is 5.76. The van der Waals surface area contributed by atoms with Crippen LogP contribution in [0.25, 0.3) is 0 Å². The Bertz CT molecular complexity index is 841. The van der Waals surface area contributed by atoms with E-state index in [0.29, 0.717) is 5.92 Å². The number of ether oxygens (including phenoxy) is 1. The number of amides is 1. The molecule has 30 heavy (non-hydrogen) atoms. The summed E-state index contributed by atoms with van der Waals surface area (Å²) in [7, 11) is 1.66. The second-order valence-corrected chi connectivity index (χ2v) is 10.8. The topological polar surface area (TPSA) is 38.3 Å². The van der Waals surface area contributed by atoms with Crippen LogP contribution in [0.1, 0.15) is 79.1 Å². The zero-order valence-electron chi connectivity index (χ0n) is 19.5. The van der Waals surface area contributed by atoms with Crippen LogP contribution in [-0.2, 0) is 4.79 Å². The number of benzene rings is 1. The number of rotatable bonds is 4. The number of fused-ring (bicyclic) bond motifs is 2. The maximum atomic E-state index is 13.6. The summed E-state index contributed by atoms with van der Waals surface area (Å²) in [6, 6.07) is 7.72. The minimum absolute atomic E-state index is 0.187. The molecule has 3 aliphatic rings. The zero-order valence-corrected chi connectivity index (χ0v) is 19.5. The summed E-state index contributed by atoms with van der Waals surface area (Å²) < 4.78 is 5.34. The quantitative estimate of drug-likeness (QED) is 0.544. The average molecular weight is 410 g/mol. The summed E-state index contributed by atoms with van der Waals surface area (Å²) in [5.41, 5.74) is 4.19. The van der Waals surface area contributed by atoms with Crippen molar-refractivity contribution >= 4 is 11.6 Å². The largest absolute Gasteiger partial charge is 0.497 e. The van der Waals surface area contributed by atoms with Crippen molar-refractivity contribution in [3.63, 3.8) is 0 Å². The molecule has 1 aromatic rings. The van der Waals surface area contributed by atoms with Gasteiger partial charge >= 0.3 is 0 Å². The molecule has 3 heteroatoms. The van der Waals surface area contributed by atoms with E-state index in [1.165, 1.54) is 32.1 Å². The van der Waals surface area contributed by atoms with Gasteiger partial charge in [0.1, 0.15) is 5.75 Å². The minimum atomic E-state index is -0.316. The van der Waals surface area contributed by atoms with Crippen LogP contribution in [0.3, 0.4) is 0 Å². The highest BCUT2D eigenvalue weighted by Gasteiger charge is 2.55. The van der Waals surface area contributed by atoms with Gasteiger partial charge in [-0.25, -0.2) is 0 Å². The van der Waals surface area contributed by atoms with E-state index in [4.69, 9.17) is 4.74 Å². The highest BCUT2D eigenvalue weighted by Crippen LogP contribution is 2.62. The van der Waals surface area contributed by atoms with Gasteiger partial charge in [0, 0.05) is 11.8 Å². The molecule has 3 unspecified atom stereocenters. The van der Waals surface area contributed by atoms with Crippen LogP contribution in [-0.4, -0.2) is 13.0 Å². The molecular weight excluding hydrogens is 370 g/mol. The van der Waals surface area contributed by atoms with Crippen LogP contribution in [0, 0.1) is 28.6 Å². The number of carbonyl (C=O) groups is 1. The number of nitrogens with one attached hydrogen (secondary N) is 1. The molecule has 4 atom stereocenters. The van der Waals surface area contributed by atoms with E-state index in [-0.39, 0.29) is 16.7 Å². The van der Waals surface area contributed by atoms with Crippen molar-refractivity contribution in [2.75, 3.05) is 12.4 Å². The summed E-state index contributed by atoms with van der Waals surface area (Å²) >= 11 is 0. The highest BCUT2D eigenvalue weighted by atomic mass is 16.5. The van der Waals surface area contributed by atoms with E-state index in [2.05, 4.69) is 33.0 Å². The van der Waals surface area contributed by atoms with Crippen molar-refractivity contribution in [2.24, 2.45) is 28.6 Å². The number of allylic oxidation sites excluding steroid dienone is 2. The van der Waals surface area contributed by atoms with Crippen molar-refractivity contribution in [2.45, 2.75) is 79.1 Å². The number of hydrogen-bond acceptors (Lipinski definition) is 2. The first-order chi connectivity index (χ1) is 14.3. The van der Waals surface area contributed by atoms with Crippen molar-refractivity contribution < 1.29 is 9.53 Å². The van der Waals surface area contributed by atoms with Crippen molar-refractivity contribution in [3.05, 3.63) is 35.4 Å². The normalized spacial score (nSPS) is 33.7. The zero-order chi connectivity index (χ0) is 21.5. The molecule has 0 heterocycles. The van der Waals surface area contributed by atoms with Crippen LogP contribution in [0.2, 0.25) is 0 Å². The molecule has 1 amide bonds. The lowest BCUT2D eigenvalue weighted by atomic mass is 9.48. The van der Waals surface area contributed by atoms with E-state index >= 15 is 0 Å². The summed E-state index contributed by atoms with van der Waals surface area (Å²) in [6.45, 7) is 9.47. The smallest absolute Gasteiger partial charge is 0.230 e. The first kappa shape index (κ1) is 21.5. The molecule has 1 aromatic carbocycles. The molecule has 1 N–H and O–H groups in total. The molecule has 0 aliphatic heterocycles. The third kappa shape index (κ3) is 3.59. The Hall–Kier alpha value is -1.77. The summed E-state index contributed by atoms with van der Waals surface area (Å²) in [5.74, 6) is 3.01. The van der Waals surface area contributed by atoms with Gasteiger partial charge in [0.2, 0.25) is 5.91 Å². The van der Waals surface area contributed by atoms with Gasteiger partial charge in [-0.05, 0) is 80.2 Å². The maximum Gasteiger partial charge on any atom is 0.230 e. The monoisotopic (exact) mass is 409 g/mol. The average Bonchev–Trinajstić information content (AvgIpc) is 2.73. The number of hydrogen-bond donors (Lipinski definition) is 1. The molecule has 1 saturated carbocycles. The molecule has 1 fully saturated rings. The molecule has 0 radical (unpaired) electrons. The Morgan fingerprint density at radius 1 is 1.17 bits per heavy atom. The standard InChI is InChI=1S/C27H39NO2/c1-18(2)19-10-12-23-20(16-19)11-13-24-26(23,3)14-7-15-27(24,4)25(29)28-21-8-6-9-22(17-21)30-5/h6,8-9,17-19,24H,7,10-16H2,1-5H3,(H,28,29)/t19?,24?,26?,27-/m1/s1. The molecule has 0 saturated heterocycles. The first-order valence-electron chi connectivity index (χ1n) is 11.9. The van der Waals surface area contributed by atoms with Gasteiger partial charge in [0.05, 0.1) is 12.5 Å². The van der Waals surface area contributed by atoms with Gasteiger partial charge in [-0.15, -0.1) is 0 Å². The fourth-order valence-electron chi connectivity index (χ4n) is 7.00. The van der Waals surface area contributed by atoms with Crippen molar-refractivity contribution in [1.82, 2.24) is 0 Å². The molecular formula is C27H39NO2. The highest BCUT2D eigenvalue weighted by molar-refractivity contribution is 5.95. The molecule has 4 rings (SSSR count). The second kappa shape index (κ2) is 8.05. The lowest BCUT2D eigenvalue weighted by molar-refractivity contribution is -0.135. The van der Waals surface area contributed by atoms with Crippen molar-refractivity contribution in [1.29, 1.82) is 0 Å². The first-order valence-corrected chi connectivity index (χ1v) is 11.9. The molecule has 0 spiro atoms. The Morgan fingerprint density at radius 3 is 2.70 bits per heavy atom. The van der Waals surface area contributed by atoms with Crippen LogP contribution >= 0.6 is 0 Å². The van der Waals surface area contributed by atoms with Gasteiger partial charge in [-0.3, -0.25) is 4.79 Å². The number of carbonyl (C=O) groups excluding carboxylic acids is 1. The van der Waals surface area contributed by atoms with Crippen molar-refractivity contribution in [3.8, 4) is 5.75 Å². The van der Waals surface area contributed by atoms with Gasteiger partial charge < -0.3 is 10.1 Å². The van der Waals surface area contributed by atoms with Gasteiger partial charge in [0.15, 0.2) is 0 Å². The Balaban J connectivity index is 1.60. The van der Waals surface area contributed by atoms with Crippen LogP contribution < -0.4 is 10.1 Å². The number of methoxy groups -OCH3 is 1. The molecule has 164 valence electrons. The molecule has 3 aliphatic carbocycles. The summed E-state index contributed by atoms with van der Waals surface area (Å²) in [5, 5.41) is 3.24. The van der Waals surface area contributed by atoms with Crippen LogP contribution in [0.5, 0.6) is 5.75 Å². The van der Waals surface area contributed by atoms with Crippen LogP contribution in [0.15, 0.2) is 35.4 Å². The number of anilines is 1. The lowest BCUT2D eigenvalue weighted by Crippen LogP contribution is -2.52. The van der Waals surface area contributed by atoms with Gasteiger partial charge in [0.25, 0.3) is 0 Å². The SMILES string of the molecule is COc1cccc(NC(=O)[C@]2(C)CCCC3(C)C4=C(CCC32)CC(C(C)C)CC4)c1. The maximum absolute atomic E-state index is 13.6. The minimum Gasteiger partial charge on any atom is -0.497 e. The lowest BCUT2D eigenvalue weighted by Gasteiger charge is -2.56. The van der Waals surface area contributed by atoms with Gasteiger partial charge in [-0.1, -0.05) is 51.3 Å². The predicted octanol–water partition coefficient (Wildman–Crippen LogP) is 6.99. The Labute approximate surface area is 182 Å². The van der Waals surface area contributed by atoms with E-state index in [1.54, 1.807) is 18.3 Å².